The molecular weight excluding hydrogens is 218 g/mol. The summed E-state index contributed by atoms with van der Waals surface area (Å²) in [4.78, 5) is 18.1. The lowest BCUT2D eigenvalue weighted by atomic mass is 10.1. The van der Waals surface area contributed by atoms with Crippen LogP contribution in [0.5, 0.6) is 0 Å². The number of aliphatic hydroxyl groups is 1. The van der Waals surface area contributed by atoms with Crippen molar-refractivity contribution in [3.05, 3.63) is 46.2 Å². The van der Waals surface area contributed by atoms with Gasteiger partial charge in [0.05, 0.1) is 5.69 Å². The molecule has 0 aliphatic carbocycles. The molecule has 5 nitrogen and oxygen atoms in total. The van der Waals surface area contributed by atoms with Gasteiger partial charge in [0.1, 0.15) is 6.73 Å². The Kier molecular flexibility index (Phi) is 3.20. The molecule has 0 atom stereocenters. The van der Waals surface area contributed by atoms with E-state index in [1.54, 1.807) is 0 Å². The fourth-order valence-corrected chi connectivity index (χ4v) is 1.49. The Morgan fingerprint density at radius 1 is 1.35 bits per heavy atom. The van der Waals surface area contributed by atoms with E-state index in [0.29, 0.717) is 5.69 Å². The van der Waals surface area contributed by atoms with Crippen molar-refractivity contribution < 1.29 is 5.11 Å². The lowest BCUT2D eigenvalue weighted by Crippen LogP contribution is -2.13. The molecule has 2 rings (SSSR count). The van der Waals surface area contributed by atoms with Crippen LogP contribution in [0.15, 0.2) is 35.1 Å². The number of aryl methyl sites for hydroxylation is 1. The van der Waals surface area contributed by atoms with Crippen LogP contribution < -0.4 is 10.9 Å². The number of hydrogen-bond donors (Lipinski definition) is 3. The quantitative estimate of drug-likeness (QED) is 0.691. The largest absolute Gasteiger partial charge is 0.376 e. The van der Waals surface area contributed by atoms with E-state index in [-0.39, 0.29) is 18.2 Å². The average molecular weight is 231 g/mol. The maximum Gasteiger partial charge on any atom is 0.252 e. The van der Waals surface area contributed by atoms with Crippen LogP contribution in [-0.2, 0) is 0 Å². The minimum atomic E-state index is -0.277. The topological polar surface area (TPSA) is 78.0 Å². The molecule has 2 aromatic rings. The zero-order chi connectivity index (χ0) is 12.3. The zero-order valence-electron chi connectivity index (χ0n) is 9.40. The van der Waals surface area contributed by atoms with Crippen molar-refractivity contribution in [2.24, 2.45) is 0 Å². The van der Waals surface area contributed by atoms with Gasteiger partial charge in [0.2, 0.25) is 5.95 Å². The fraction of sp³-hybridized carbons (Fsp3) is 0.167. The number of hydrogen-bond acceptors (Lipinski definition) is 4. The van der Waals surface area contributed by atoms with Crippen LogP contribution in [0.25, 0.3) is 11.3 Å². The van der Waals surface area contributed by atoms with Crippen LogP contribution in [-0.4, -0.2) is 21.8 Å². The highest BCUT2D eigenvalue weighted by Gasteiger charge is 2.03. The number of aliphatic hydroxyl groups excluding tert-OH is 1. The van der Waals surface area contributed by atoms with Crippen LogP contribution in [0.4, 0.5) is 5.95 Å². The normalized spacial score (nSPS) is 10.2. The number of nitrogens with one attached hydrogen (secondary N) is 2. The molecule has 5 heteroatoms. The van der Waals surface area contributed by atoms with Crippen molar-refractivity contribution in [2.75, 3.05) is 12.0 Å². The van der Waals surface area contributed by atoms with Crippen molar-refractivity contribution >= 4 is 5.95 Å². The van der Waals surface area contributed by atoms with E-state index in [9.17, 15) is 4.79 Å². The zero-order valence-corrected chi connectivity index (χ0v) is 9.40. The van der Waals surface area contributed by atoms with E-state index in [2.05, 4.69) is 15.3 Å². The van der Waals surface area contributed by atoms with E-state index in [0.717, 1.165) is 11.1 Å². The first-order valence-corrected chi connectivity index (χ1v) is 5.22. The molecule has 0 fully saturated rings. The fourth-order valence-electron chi connectivity index (χ4n) is 1.49. The van der Waals surface area contributed by atoms with Crippen molar-refractivity contribution in [1.82, 2.24) is 9.97 Å². The maximum absolute atomic E-state index is 11.4. The molecule has 1 aromatic heterocycles. The molecule has 3 N–H and O–H groups in total. The second kappa shape index (κ2) is 4.80. The monoisotopic (exact) mass is 231 g/mol. The van der Waals surface area contributed by atoms with Gasteiger partial charge >= 0.3 is 0 Å². The Balaban J connectivity index is 2.44. The van der Waals surface area contributed by atoms with Gasteiger partial charge in [-0.2, -0.15) is 0 Å². The molecule has 1 heterocycles. The van der Waals surface area contributed by atoms with Crippen LogP contribution in [0, 0.1) is 6.92 Å². The first-order valence-electron chi connectivity index (χ1n) is 5.22. The first-order chi connectivity index (χ1) is 8.19. The SMILES string of the molecule is Cc1ccc(-c2cc(=O)[nH]c(NCO)n2)cc1. The highest BCUT2D eigenvalue weighted by molar-refractivity contribution is 5.60. The summed E-state index contributed by atoms with van der Waals surface area (Å²) in [7, 11) is 0. The molecule has 88 valence electrons. The Morgan fingerprint density at radius 2 is 2.06 bits per heavy atom. The number of H-pyrrole nitrogens is 1. The number of anilines is 1. The van der Waals surface area contributed by atoms with Gasteiger partial charge in [0.25, 0.3) is 5.56 Å². The molecule has 0 spiro atoms. The average Bonchev–Trinajstić information content (AvgIpc) is 2.29. The highest BCUT2D eigenvalue weighted by atomic mass is 16.3. The van der Waals surface area contributed by atoms with E-state index >= 15 is 0 Å². The van der Waals surface area contributed by atoms with E-state index in [4.69, 9.17) is 5.11 Å². The molecule has 0 saturated heterocycles. The van der Waals surface area contributed by atoms with Gasteiger partial charge in [-0.15, -0.1) is 0 Å². The Labute approximate surface area is 98.2 Å². The van der Waals surface area contributed by atoms with Gasteiger partial charge in [-0.05, 0) is 6.92 Å². The van der Waals surface area contributed by atoms with Gasteiger partial charge in [-0.1, -0.05) is 29.8 Å². The standard InChI is InChI=1S/C12H13N3O2/c1-8-2-4-9(5-3-8)10-6-11(17)15-12(14-10)13-7-16/h2-6,16H,7H2,1H3,(H2,13,14,15,17). The molecule has 0 amide bonds. The molecule has 0 bridgehead atoms. The number of nitrogens with zero attached hydrogens (tertiary/aromatic N) is 1. The van der Waals surface area contributed by atoms with Gasteiger partial charge in [0, 0.05) is 11.6 Å². The van der Waals surface area contributed by atoms with Gasteiger partial charge in [0.15, 0.2) is 0 Å². The van der Waals surface area contributed by atoms with Crippen LogP contribution in [0.2, 0.25) is 0 Å². The lowest BCUT2D eigenvalue weighted by Gasteiger charge is -2.05. The molecule has 0 unspecified atom stereocenters. The highest BCUT2D eigenvalue weighted by Crippen LogP contribution is 2.16. The molecule has 1 aromatic carbocycles. The first kappa shape index (κ1) is 11.3. The van der Waals surface area contributed by atoms with E-state index in [1.807, 2.05) is 31.2 Å². The number of aromatic nitrogens is 2. The Bertz CT molecular complexity index is 561. The minimum absolute atomic E-state index is 0.258. The van der Waals surface area contributed by atoms with Crippen molar-refractivity contribution in [2.45, 2.75) is 6.92 Å². The van der Waals surface area contributed by atoms with E-state index < -0.39 is 0 Å². The summed E-state index contributed by atoms with van der Waals surface area (Å²) in [5.74, 6) is 0.260. The van der Waals surface area contributed by atoms with Crippen LogP contribution in [0.1, 0.15) is 5.56 Å². The molecule has 0 aliphatic heterocycles. The second-order valence-corrected chi connectivity index (χ2v) is 3.68. The summed E-state index contributed by atoms with van der Waals surface area (Å²) in [6, 6.07) is 9.14. The van der Waals surface area contributed by atoms with Crippen LogP contribution >= 0.6 is 0 Å². The van der Waals surface area contributed by atoms with Crippen molar-refractivity contribution in [3.63, 3.8) is 0 Å². The van der Waals surface area contributed by atoms with E-state index in [1.165, 1.54) is 6.07 Å². The van der Waals surface area contributed by atoms with Crippen molar-refractivity contribution in [1.29, 1.82) is 0 Å². The summed E-state index contributed by atoms with van der Waals surface area (Å²) < 4.78 is 0. The molecule has 0 aliphatic rings. The summed E-state index contributed by atoms with van der Waals surface area (Å²) in [5.41, 5.74) is 2.33. The molecule has 0 radical (unpaired) electrons. The van der Waals surface area contributed by atoms with Gasteiger partial charge in [-0.25, -0.2) is 4.98 Å². The summed E-state index contributed by atoms with van der Waals surface area (Å²) in [5, 5.41) is 11.3. The third kappa shape index (κ3) is 2.70. The molecular formula is C12H13N3O2. The second-order valence-electron chi connectivity index (χ2n) is 3.68. The van der Waals surface area contributed by atoms with Gasteiger partial charge in [-0.3, -0.25) is 9.78 Å². The van der Waals surface area contributed by atoms with Crippen LogP contribution in [0.3, 0.4) is 0 Å². The Hall–Kier alpha value is -2.14. The Morgan fingerprint density at radius 3 is 2.71 bits per heavy atom. The number of aromatic amines is 1. The minimum Gasteiger partial charge on any atom is -0.376 e. The predicted molar refractivity (Wildman–Crippen MR) is 65.7 cm³/mol. The molecule has 17 heavy (non-hydrogen) atoms. The maximum atomic E-state index is 11.4. The smallest absolute Gasteiger partial charge is 0.252 e. The third-order valence-corrected chi connectivity index (χ3v) is 2.34. The predicted octanol–water partition coefficient (Wildman–Crippen LogP) is 1.11. The van der Waals surface area contributed by atoms with Crippen molar-refractivity contribution in [3.8, 4) is 11.3 Å². The molecule has 0 saturated carbocycles. The summed E-state index contributed by atoms with van der Waals surface area (Å²) in [6.45, 7) is 1.72. The van der Waals surface area contributed by atoms with Gasteiger partial charge < -0.3 is 10.4 Å². The number of benzene rings is 1. The number of rotatable bonds is 3. The third-order valence-electron chi connectivity index (χ3n) is 2.34. The summed E-state index contributed by atoms with van der Waals surface area (Å²) >= 11 is 0. The summed E-state index contributed by atoms with van der Waals surface area (Å²) in [6.07, 6.45) is 0. The lowest BCUT2D eigenvalue weighted by molar-refractivity contribution is 0.324.